The zero-order valence-corrected chi connectivity index (χ0v) is 13.2. The van der Waals surface area contributed by atoms with Crippen LogP contribution < -0.4 is 5.73 Å². The van der Waals surface area contributed by atoms with Crippen LogP contribution >= 0.6 is 11.3 Å². The summed E-state index contributed by atoms with van der Waals surface area (Å²) < 4.78 is 2.11. The van der Waals surface area contributed by atoms with E-state index in [4.69, 9.17) is 10.8 Å². The van der Waals surface area contributed by atoms with E-state index < -0.39 is 5.91 Å². The Hall–Kier alpha value is -1.66. The van der Waals surface area contributed by atoms with Crippen molar-refractivity contribution in [1.29, 1.82) is 0 Å². The third-order valence-corrected chi connectivity index (χ3v) is 4.34. The van der Waals surface area contributed by atoms with E-state index in [1.165, 1.54) is 11.3 Å². The normalized spacial score (nSPS) is 11.0. The molecule has 0 bridgehead atoms. The van der Waals surface area contributed by atoms with Crippen molar-refractivity contribution in [2.45, 2.75) is 39.7 Å². The minimum Gasteiger partial charge on any atom is -0.396 e. The number of amides is 1. The molecule has 0 aliphatic carbocycles. The SMILES string of the molecule is CCCc1c(-c2nccs2)c(C(N)=O)c(C)n1CCCO. The topological polar surface area (TPSA) is 81.1 Å². The number of nitrogens with two attached hydrogens (primary N) is 1. The van der Waals surface area contributed by atoms with Crippen molar-refractivity contribution in [3.05, 3.63) is 28.5 Å². The zero-order chi connectivity index (χ0) is 15.4. The van der Waals surface area contributed by atoms with Crippen molar-refractivity contribution in [2.75, 3.05) is 6.61 Å². The van der Waals surface area contributed by atoms with Gasteiger partial charge in [0.25, 0.3) is 5.91 Å². The van der Waals surface area contributed by atoms with E-state index in [-0.39, 0.29) is 6.61 Å². The first-order valence-electron chi connectivity index (χ1n) is 7.14. The Bertz CT molecular complexity index is 617. The summed E-state index contributed by atoms with van der Waals surface area (Å²) in [4.78, 5) is 16.3. The number of aromatic nitrogens is 2. The largest absolute Gasteiger partial charge is 0.396 e. The number of primary amides is 1. The molecule has 2 heterocycles. The number of thiazole rings is 1. The summed E-state index contributed by atoms with van der Waals surface area (Å²) in [6, 6.07) is 0. The van der Waals surface area contributed by atoms with E-state index in [9.17, 15) is 4.79 Å². The lowest BCUT2D eigenvalue weighted by Crippen LogP contribution is -2.13. The molecule has 5 nitrogen and oxygen atoms in total. The summed E-state index contributed by atoms with van der Waals surface area (Å²) in [7, 11) is 0. The maximum Gasteiger partial charge on any atom is 0.251 e. The summed E-state index contributed by atoms with van der Waals surface area (Å²) in [5.41, 5.74) is 8.99. The number of hydrogen-bond donors (Lipinski definition) is 2. The first-order valence-corrected chi connectivity index (χ1v) is 8.02. The van der Waals surface area contributed by atoms with Crippen LogP contribution in [0.5, 0.6) is 0 Å². The Morgan fingerprint density at radius 2 is 2.29 bits per heavy atom. The number of rotatable bonds is 7. The fourth-order valence-corrected chi connectivity index (χ4v) is 3.41. The van der Waals surface area contributed by atoms with E-state index in [0.29, 0.717) is 18.5 Å². The number of carbonyl (C=O) groups excluding carboxylic acids is 1. The van der Waals surface area contributed by atoms with Gasteiger partial charge < -0.3 is 15.4 Å². The Kier molecular flexibility index (Phi) is 5.14. The van der Waals surface area contributed by atoms with Gasteiger partial charge in [-0.25, -0.2) is 4.98 Å². The lowest BCUT2D eigenvalue weighted by Gasteiger charge is -2.11. The van der Waals surface area contributed by atoms with Gasteiger partial charge in [0.2, 0.25) is 0 Å². The second-order valence-corrected chi connectivity index (χ2v) is 5.86. The molecule has 2 rings (SSSR count). The highest BCUT2D eigenvalue weighted by Crippen LogP contribution is 2.34. The molecule has 0 spiro atoms. The van der Waals surface area contributed by atoms with Crippen LogP contribution in [0.1, 0.15) is 41.5 Å². The van der Waals surface area contributed by atoms with Gasteiger partial charge in [-0.3, -0.25) is 4.79 Å². The minimum absolute atomic E-state index is 0.127. The highest BCUT2D eigenvalue weighted by Gasteiger charge is 2.25. The Morgan fingerprint density at radius 3 is 2.81 bits per heavy atom. The fourth-order valence-electron chi connectivity index (χ4n) is 2.70. The molecule has 0 radical (unpaired) electrons. The highest BCUT2D eigenvalue weighted by molar-refractivity contribution is 7.13. The van der Waals surface area contributed by atoms with Gasteiger partial charge >= 0.3 is 0 Å². The fraction of sp³-hybridized carbons (Fsp3) is 0.467. The first-order chi connectivity index (χ1) is 10.1. The zero-order valence-electron chi connectivity index (χ0n) is 12.4. The number of aliphatic hydroxyl groups excluding tert-OH is 1. The molecule has 0 saturated carbocycles. The lowest BCUT2D eigenvalue weighted by atomic mass is 10.1. The predicted molar refractivity (Wildman–Crippen MR) is 84.5 cm³/mol. The quantitative estimate of drug-likeness (QED) is 0.824. The van der Waals surface area contributed by atoms with Crippen molar-refractivity contribution in [2.24, 2.45) is 5.73 Å². The maximum atomic E-state index is 11.9. The van der Waals surface area contributed by atoms with Crippen LogP contribution in [-0.4, -0.2) is 27.2 Å². The molecule has 1 amide bonds. The molecule has 2 aromatic heterocycles. The average molecular weight is 307 g/mol. The van der Waals surface area contributed by atoms with E-state index >= 15 is 0 Å². The summed E-state index contributed by atoms with van der Waals surface area (Å²) in [6.45, 7) is 4.83. The van der Waals surface area contributed by atoms with Crippen molar-refractivity contribution in [1.82, 2.24) is 9.55 Å². The summed E-state index contributed by atoms with van der Waals surface area (Å²) in [5, 5.41) is 11.8. The molecule has 0 aromatic carbocycles. The standard InChI is InChI=1S/C15H21N3O2S/c1-3-5-11-13(15-17-6-9-21-15)12(14(16)20)10(2)18(11)7-4-8-19/h6,9,19H,3-5,7-8H2,1-2H3,(H2,16,20). The van der Waals surface area contributed by atoms with Crippen molar-refractivity contribution in [3.8, 4) is 10.6 Å². The Morgan fingerprint density at radius 1 is 1.52 bits per heavy atom. The molecule has 0 fully saturated rings. The van der Waals surface area contributed by atoms with E-state index in [1.54, 1.807) is 6.20 Å². The smallest absolute Gasteiger partial charge is 0.251 e. The molecule has 0 unspecified atom stereocenters. The van der Waals surface area contributed by atoms with Gasteiger partial charge in [0, 0.05) is 41.7 Å². The van der Waals surface area contributed by atoms with Crippen molar-refractivity contribution < 1.29 is 9.90 Å². The molecule has 6 heteroatoms. The molecule has 2 aromatic rings. The molecule has 0 aliphatic rings. The highest BCUT2D eigenvalue weighted by atomic mass is 32.1. The van der Waals surface area contributed by atoms with E-state index in [0.717, 1.165) is 34.8 Å². The number of carbonyl (C=O) groups is 1. The van der Waals surface area contributed by atoms with Gasteiger partial charge in [-0.1, -0.05) is 13.3 Å². The number of aliphatic hydroxyl groups is 1. The summed E-state index contributed by atoms with van der Waals surface area (Å²) in [6.07, 6.45) is 4.22. The third kappa shape index (κ3) is 3.01. The first kappa shape index (κ1) is 15.7. The van der Waals surface area contributed by atoms with Gasteiger partial charge in [0.1, 0.15) is 5.01 Å². The van der Waals surface area contributed by atoms with Crippen LogP contribution in [0, 0.1) is 6.92 Å². The molecular formula is C15H21N3O2S. The molecule has 21 heavy (non-hydrogen) atoms. The molecule has 0 atom stereocenters. The van der Waals surface area contributed by atoms with Gasteiger partial charge in [-0.05, 0) is 19.8 Å². The number of hydrogen-bond acceptors (Lipinski definition) is 4. The van der Waals surface area contributed by atoms with Crippen LogP contribution in [0.25, 0.3) is 10.6 Å². The molecule has 0 aliphatic heterocycles. The van der Waals surface area contributed by atoms with Gasteiger partial charge in [-0.15, -0.1) is 11.3 Å². The molecule has 3 N–H and O–H groups in total. The van der Waals surface area contributed by atoms with Crippen molar-refractivity contribution in [3.63, 3.8) is 0 Å². The van der Waals surface area contributed by atoms with Gasteiger partial charge in [0.05, 0.1) is 5.56 Å². The van der Waals surface area contributed by atoms with Crippen LogP contribution in [0.3, 0.4) is 0 Å². The Balaban J connectivity index is 2.66. The molecule has 114 valence electrons. The van der Waals surface area contributed by atoms with Crippen LogP contribution in [0.4, 0.5) is 0 Å². The van der Waals surface area contributed by atoms with Crippen LogP contribution in [0.2, 0.25) is 0 Å². The second-order valence-electron chi connectivity index (χ2n) is 4.96. The molecular weight excluding hydrogens is 286 g/mol. The van der Waals surface area contributed by atoms with Gasteiger partial charge in [-0.2, -0.15) is 0 Å². The monoisotopic (exact) mass is 307 g/mol. The predicted octanol–water partition coefficient (Wildman–Crippen LogP) is 2.35. The summed E-state index contributed by atoms with van der Waals surface area (Å²) >= 11 is 1.51. The number of nitrogens with zero attached hydrogens (tertiary/aromatic N) is 2. The van der Waals surface area contributed by atoms with E-state index in [1.807, 2.05) is 12.3 Å². The summed E-state index contributed by atoms with van der Waals surface area (Å²) in [5.74, 6) is -0.419. The molecule has 0 saturated heterocycles. The minimum atomic E-state index is -0.419. The maximum absolute atomic E-state index is 11.9. The van der Waals surface area contributed by atoms with Crippen LogP contribution in [0.15, 0.2) is 11.6 Å². The Labute approximate surface area is 128 Å². The van der Waals surface area contributed by atoms with Crippen LogP contribution in [-0.2, 0) is 13.0 Å². The second kappa shape index (κ2) is 6.87. The lowest BCUT2D eigenvalue weighted by molar-refractivity contribution is 0.1000. The average Bonchev–Trinajstić information content (AvgIpc) is 3.04. The van der Waals surface area contributed by atoms with Crippen molar-refractivity contribution >= 4 is 17.2 Å². The van der Waals surface area contributed by atoms with E-state index in [2.05, 4.69) is 16.5 Å². The third-order valence-electron chi connectivity index (χ3n) is 3.55. The van der Waals surface area contributed by atoms with Gasteiger partial charge in [0.15, 0.2) is 0 Å².